The standard InChI is InChI=1S/C17H22N2O3/c1-12-16(20)18(2)14-11-13(7-8-15(14)22-12)17(21)19-9-5-3-4-6-10-19/h7-8,11-12H,3-6,9-10H2,1-2H3. The first-order valence-corrected chi connectivity index (χ1v) is 7.95. The number of hydrogen-bond donors (Lipinski definition) is 0. The second kappa shape index (κ2) is 5.99. The van der Waals surface area contributed by atoms with Gasteiger partial charge in [0.2, 0.25) is 0 Å². The highest BCUT2D eigenvalue weighted by atomic mass is 16.5. The average Bonchev–Trinajstić information content (AvgIpc) is 2.81. The van der Waals surface area contributed by atoms with E-state index >= 15 is 0 Å². The summed E-state index contributed by atoms with van der Waals surface area (Å²) in [7, 11) is 1.72. The summed E-state index contributed by atoms with van der Waals surface area (Å²) in [6.45, 7) is 3.37. The van der Waals surface area contributed by atoms with Crippen LogP contribution in [-0.4, -0.2) is 43.0 Å². The van der Waals surface area contributed by atoms with Crippen molar-refractivity contribution in [3.8, 4) is 5.75 Å². The van der Waals surface area contributed by atoms with Crippen LogP contribution in [0.15, 0.2) is 18.2 Å². The van der Waals surface area contributed by atoms with Crippen molar-refractivity contribution in [2.45, 2.75) is 38.7 Å². The fraction of sp³-hybridized carbons (Fsp3) is 0.529. The van der Waals surface area contributed by atoms with Gasteiger partial charge in [-0.15, -0.1) is 0 Å². The minimum atomic E-state index is -0.482. The molecule has 0 saturated carbocycles. The molecule has 2 amide bonds. The molecule has 1 aromatic rings. The van der Waals surface area contributed by atoms with Crippen LogP contribution < -0.4 is 9.64 Å². The van der Waals surface area contributed by atoms with Crippen LogP contribution in [0.5, 0.6) is 5.75 Å². The predicted molar refractivity (Wildman–Crippen MR) is 84.3 cm³/mol. The van der Waals surface area contributed by atoms with Crippen LogP contribution in [0.4, 0.5) is 5.69 Å². The lowest BCUT2D eigenvalue weighted by atomic mass is 10.1. The van der Waals surface area contributed by atoms with Crippen LogP contribution in [0.1, 0.15) is 43.0 Å². The van der Waals surface area contributed by atoms with E-state index in [1.165, 1.54) is 12.8 Å². The maximum absolute atomic E-state index is 12.7. The van der Waals surface area contributed by atoms with Gasteiger partial charge in [0, 0.05) is 25.7 Å². The molecule has 1 fully saturated rings. The van der Waals surface area contributed by atoms with Gasteiger partial charge in [0.25, 0.3) is 11.8 Å². The van der Waals surface area contributed by atoms with Crippen molar-refractivity contribution in [3.63, 3.8) is 0 Å². The zero-order valence-electron chi connectivity index (χ0n) is 13.2. The lowest BCUT2D eigenvalue weighted by Gasteiger charge is -2.31. The number of fused-ring (bicyclic) bond motifs is 1. The molecule has 0 bridgehead atoms. The van der Waals surface area contributed by atoms with E-state index in [2.05, 4.69) is 0 Å². The molecule has 0 spiro atoms. The van der Waals surface area contributed by atoms with Crippen molar-refractivity contribution in [1.29, 1.82) is 0 Å². The number of nitrogens with zero attached hydrogens (tertiary/aromatic N) is 2. The number of likely N-dealkylation sites (N-methyl/N-ethyl adjacent to an activating group) is 1. The Morgan fingerprint density at radius 3 is 2.55 bits per heavy atom. The van der Waals surface area contributed by atoms with Crippen molar-refractivity contribution in [1.82, 2.24) is 4.90 Å². The Morgan fingerprint density at radius 2 is 1.86 bits per heavy atom. The van der Waals surface area contributed by atoms with Crippen molar-refractivity contribution >= 4 is 17.5 Å². The van der Waals surface area contributed by atoms with Gasteiger partial charge in [0.05, 0.1) is 5.69 Å². The van der Waals surface area contributed by atoms with E-state index in [4.69, 9.17) is 4.74 Å². The maximum atomic E-state index is 12.7. The Labute approximate surface area is 130 Å². The Morgan fingerprint density at radius 1 is 1.18 bits per heavy atom. The van der Waals surface area contributed by atoms with E-state index < -0.39 is 6.10 Å². The van der Waals surface area contributed by atoms with Gasteiger partial charge in [-0.3, -0.25) is 9.59 Å². The van der Waals surface area contributed by atoms with Crippen LogP contribution in [0.25, 0.3) is 0 Å². The summed E-state index contributed by atoms with van der Waals surface area (Å²) in [4.78, 5) is 28.2. The molecule has 3 rings (SSSR count). The summed E-state index contributed by atoms with van der Waals surface area (Å²) < 4.78 is 5.60. The van der Waals surface area contributed by atoms with E-state index in [1.807, 2.05) is 4.90 Å². The second-order valence-corrected chi connectivity index (χ2v) is 6.05. The molecule has 0 aliphatic carbocycles. The molecule has 2 aliphatic heterocycles. The minimum Gasteiger partial charge on any atom is -0.479 e. The van der Waals surface area contributed by atoms with Gasteiger partial charge >= 0.3 is 0 Å². The molecule has 2 aliphatic rings. The number of amides is 2. The van der Waals surface area contributed by atoms with Crippen molar-refractivity contribution < 1.29 is 14.3 Å². The normalized spacial score (nSPS) is 21.9. The summed E-state index contributed by atoms with van der Waals surface area (Å²) in [5, 5.41) is 0. The number of ether oxygens (including phenoxy) is 1. The molecule has 118 valence electrons. The van der Waals surface area contributed by atoms with Crippen LogP contribution >= 0.6 is 0 Å². The average molecular weight is 302 g/mol. The molecule has 5 heteroatoms. The molecule has 5 nitrogen and oxygen atoms in total. The number of anilines is 1. The summed E-state index contributed by atoms with van der Waals surface area (Å²) >= 11 is 0. The summed E-state index contributed by atoms with van der Waals surface area (Å²) in [5.74, 6) is 0.609. The van der Waals surface area contributed by atoms with Gasteiger partial charge in [-0.2, -0.15) is 0 Å². The number of likely N-dealkylation sites (tertiary alicyclic amines) is 1. The quantitative estimate of drug-likeness (QED) is 0.800. The Kier molecular flexibility index (Phi) is 4.05. The van der Waals surface area contributed by atoms with Gasteiger partial charge in [-0.25, -0.2) is 0 Å². The zero-order chi connectivity index (χ0) is 15.7. The van der Waals surface area contributed by atoms with Gasteiger partial charge in [-0.05, 0) is 38.0 Å². The molecule has 0 aromatic heterocycles. The first kappa shape index (κ1) is 14.9. The third-order valence-electron chi connectivity index (χ3n) is 4.44. The molecule has 2 heterocycles. The number of carbonyl (C=O) groups is 2. The number of benzene rings is 1. The second-order valence-electron chi connectivity index (χ2n) is 6.05. The highest BCUT2D eigenvalue weighted by Crippen LogP contribution is 2.34. The molecule has 1 atom stereocenters. The fourth-order valence-corrected chi connectivity index (χ4v) is 3.10. The highest BCUT2D eigenvalue weighted by molar-refractivity contribution is 6.02. The number of hydrogen-bond acceptors (Lipinski definition) is 3. The molecule has 1 saturated heterocycles. The Bertz CT molecular complexity index is 592. The van der Waals surface area contributed by atoms with E-state index in [-0.39, 0.29) is 11.8 Å². The van der Waals surface area contributed by atoms with E-state index in [0.717, 1.165) is 25.9 Å². The van der Waals surface area contributed by atoms with Crippen LogP contribution in [-0.2, 0) is 4.79 Å². The molecular weight excluding hydrogens is 280 g/mol. The Balaban J connectivity index is 1.86. The van der Waals surface area contributed by atoms with Gasteiger partial charge in [-0.1, -0.05) is 12.8 Å². The van der Waals surface area contributed by atoms with Crippen LogP contribution in [0, 0.1) is 0 Å². The lowest BCUT2D eigenvalue weighted by Crippen LogP contribution is -2.42. The lowest BCUT2D eigenvalue weighted by molar-refractivity contribution is -0.125. The molecule has 0 N–H and O–H groups in total. The zero-order valence-corrected chi connectivity index (χ0v) is 13.2. The molecule has 1 unspecified atom stereocenters. The SMILES string of the molecule is CC1Oc2ccc(C(=O)N3CCCCCC3)cc2N(C)C1=O. The first-order chi connectivity index (χ1) is 10.6. The maximum Gasteiger partial charge on any atom is 0.267 e. The summed E-state index contributed by atoms with van der Waals surface area (Å²) in [5.41, 5.74) is 1.29. The molecule has 22 heavy (non-hydrogen) atoms. The highest BCUT2D eigenvalue weighted by Gasteiger charge is 2.30. The molecular formula is C17H22N2O3. The largest absolute Gasteiger partial charge is 0.479 e. The third kappa shape index (κ3) is 2.67. The topological polar surface area (TPSA) is 49.9 Å². The third-order valence-corrected chi connectivity index (χ3v) is 4.44. The minimum absolute atomic E-state index is 0.0455. The smallest absolute Gasteiger partial charge is 0.267 e. The summed E-state index contributed by atoms with van der Waals surface area (Å²) in [6.07, 6.45) is 4.03. The number of rotatable bonds is 1. The monoisotopic (exact) mass is 302 g/mol. The van der Waals surface area contributed by atoms with E-state index in [0.29, 0.717) is 17.0 Å². The number of carbonyl (C=O) groups excluding carboxylic acids is 2. The van der Waals surface area contributed by atoms with E-state index in [1.54, 1.807) is 37.1 Å². The molecule has 1 aromatic carbocycles. The van der Waals surface area contributed by atoms with Crippen molar-refractivity contribution in [2.24, 2.45) is 0 Å². The first-order valence-electron chi connectivity index (χ1n) is 7.95. The Hall–Kier alpha value is -2.04. The molecule has 0 radical (unpaired) electrons. The van der Waals surface area contributed by atoms with Crippen LogP contribution in [0.3, 0.4) is 0 Å². The van der Waals surface area contributed by atoms with E-state index in [9.17, 15) is 9.59 Å². The van der Waals surface area contributed by atoms with Crippen molar-refractivity contribution in [3.05, 3.63) is 23.8 Å². The van der Waals surface area contributed by atoms with Crippen LogP contribution in [0.2, 0.25) is 0 Å². The van der Waals surface area contributed by atoms with Gasteiger partial charge < -0.3 is 14.5 Å². The van der Waals surface area contributed by atoms with Gasteiger partial charge in [0.1, 0.15) is 5.75 Å². The summed E-state index contributed by atoms with van der Waals surface area (Å²) in [6, 6.07) is 5.36. The van der Waals surface area contributed by atoms with Crippen molar-refractivity contribution in [2.75, 3.05) is 25.0 Å². The fourth-order valence-electron chi connectivity index (χ4n) is 3.10. The van der Waals surface area contributed by atoms with Gasteiger partial charge in [0.15, 0.2) is 6.10 Å². The predicted octanol–water partition coefficient (Wildman–Crippen LogP) is 2.45.